The quantitative estimate of drug-likeness (QED) is 0.839. The van der Waals surface area contributed by atoms with E-state index in [9.17, 15) is 14.4 Å². The fourth-order valence-corrected chi connectivity index (χ4v) is 3.31. The number of benzene rings is 1. The molecule has 1 saturated heterocycles. The minimum Gasteiger partial charge on any atom is -0.339 e. The van der Waals surface area contributed by atoms with Crippen LogP contribution < -0.4 is 5.56 Å². The molecular weight excluding hydrogens is 344 g/mol. The predicted octanol–water partition coefficient (Wildman–Crippen LogP) is 1.72. The van der Waals surface area contributed by atoms with E-state index < -0.39 is 0 Å². The van der Waals surface area contributed by atoms with E-state index in [4.69, 9.17) is 0 Å². The Kier molecular flexibility index (Phi) is 6.21. The summed E-state index contributed by atoms with van der Waals surface area (Å²) in [4.78, 5) is 47.5. The molecule has 1 aliphatic heterocycles. The Morgan fingerprint density at radius 2 is 1.67 bits per heavy atom. The molecule has 3 rings (SSSR count). The van der Waals surface area contributed by atoms with Gasteiger partial charge >= 0.3 is 0 Å². The highest BCUT2D eigenvalue weighted by molar-refractivity contribution is 5.79. The molecule has 0 radical (unpaired) electrons. The second kappa shape index (κ2) is 8.79. The molecule has 1 aromatic carbocycles. The van der Waals surface area contributed by atoms with E-state index in [2.05, 4.69) is 16.9 Å². The SMILES string of the molecule is CCCCC(=O)N1CCN(C(=O)CCc2nc3ccccc3[nH]c2=O)CC1. The van der Waals surface area contributed by atoms with Gasteiger partial charge < -0.3 is 14.8 Å². The van der Waals surface area contributed by atoms with Crippen LogP contribution in [0.3, 0.4) is 0 Å². The lowest BCUT2D eigenvalue weighted by Crippen LogP contribution is -2.50. The van der Waals surface area contributed by atoms with E-state index in [0.717, 1.165) is 18.4 Å². The molecule has 0 spiro atoms. The fraction of sp³-hybridized carbons (Fsp3) is 0.500. The van der Waals surface area contributed by atoms with Crippen molar-refractivity contribution in [1.29, 1.82) is 0 Å². The van der Waals surface area contributed by atoms with Crippen LogP contribution in [0.2, 0.25) is 0 Å². The summed E-state index contributed by atoms with van der Waals surface area (Å²) in [5.41, 5.74) is 1.56. The first-order valence-electron chi connectivity index (χ1n) is 9.62. The van der Waals surface area contributed by atoms with Crippen molar-refractivity contribution in [2.45, 2.75) is 39.0 Å². The molecule has 0 unspecified atom stereocenters. The van der Waals surface area contributed by atoms with Gasteiger partial charge in [0.1, 0.15) is 5.69 Å². The van der Waals surface area contributed by atoms with Gasteiger partial charge in [-0.15, -0.1) is 0 Å². The number of aryl methyl sites for hydroxylation is 1. The number of H-pyrrole nitrogens is 1. The molecule has 0 atom stereocenters. The fourth-order valence-electron chi connectivity index (χ4n) is 3.31. The largest absolute Gasteiger partial charge is 0.339 e. The van der Waals surface area contributed by atoms with Crippen LogP contribution >= 0.6 is 0 Å². The van der Waals surface area contributed by atoms with Crippen LogP contribution in [0.25, 0.3) is 11.0 Å². The van der Waals surface area contributed by atoms with Gasteiger partial charge in [0, 0.05) is 45.4 Å². The molecule has 0 aliphatic carbocycles. The first-order chi connectivity index (χ1) is 13.1. The zero-order valence-electron chi connectivity index (χ0n) is 15.7. The average molecular weight is 370 g/mol. The second-order valence-corrected chi connectivity index (χ2v) is 6.89. The third kappa shape index (κ3) is 4.72. The summed E-state index contributed by atoms with van der Waals surface area (Å²) < 4.78 is 0. The maximum atomic E-state index is 12.5. The second-order valence-electron chi connectivity index (χ2n) is 6.89. The van der Waals surface area contributed by atoms with E-state index in [1.54, 1.807) is 11.0 Å². The molecular formula is C20H26N4O3. The van der Waals surface area contributed by atoms with Crippen LogP contribution in [-0.4, -0.2) is 57.8 Å². The van der Waals surface area contributed by atoms with Gasteiger partial charge in [-0.3, -0.25) is 14.4 Å². The minimum absolute atomic E-state index is 0.00464. The number of amides is 2. The number of hydrogen-bond acceptors (Lipinski definition) is 4. The molecule has 2 aromatic rings. The Balaban J connectivity index is 1.52. The van der Waals surface area contributed by atoms with Crippen molar-refractivity contribution in [1.82, 2.24) is 19.8 Å². The number of rotatable bonds is 6. The normalized spacial score (nSPS) is 14.6. The summed E-state index contributed by atoms with van der Waals surface area (Å²) in [7, 11) is 0. The number of piperazine rings is 1. The van der Waals surface area contributed by atoms with Crippen molar-refractivity contribution in [2.75, 3.05) is 26.2 Å². The summed E-state index contributed by atoms with van der Waals surface area (Å²) in [6.45, 7) is 4.35. The number of carbonyl (C=O) groups excluding carboxylic acids is 2. The molecule has 7 nitrogen and oxygen atoms in total. The smallest absolute Gasteiger partial charge is 0.270 e. The van der Waals surface area contributed by atoms with E-state index in [0.29, 0.717) is 50.2 Å². The van der Waals surface area contributed by atoms with Crippen molar-refractivity contribution in [3.63, 3.8) is 0 Å². The maximum Gasteiger partial charge on any atom is 0.270 e. The predicted molar refractivity (Wildman–Crippen MR) is 103 cm³/mol. The van der Waals surface area contributed by atoms with Crippen LogP contribution in [0.4, 0.5) is 0 Å². The Morgan fingerprint density at radius 1 is 1.04 bits per heavy atom. The zero-order valence-corrected chi connectivity index (χ0v) is 15.7. The summed E-state index contributed by atoms with van der Waals surface area (Å²) in [5.74, 6) is 0.181. The number of nitrogens with one attached hydrogen (secondary N) is 1. The van der Waals surface area contributed by atoms with E-state index in [-0.39, 0.29) is 23.8 Å². The maximum absolute atomic E-state index is 12.5. The summed E-state index contributed by atoms with van der Waals surface area (Å²) in [5, 5.41) is 0. The molecule has 2 heterocycles. The van der Waals surface area contributed by atoms with Crippen LogP contribution in [0, 0.1) is 0 Å². The van der Waals surface area contributed by atoms with Gasteiger partial charge in [0.15, 0.2) is 0 Å². The van der Waals surface area contributed by atoms with Crippen molar-refractivity contribution in [3.8, 4) is 0 Å². The lowest BCUT2D eigenvalue weighted by Gasteiger charge is -2.35. The van der Waals surface area contributed by atoms with Crippen LogP contribution in [0.5, 0.6) is 0 Å². The number of unbranched alkanes of at least 4 members (excludes halogenated alkanes) is 1. The van der Waals surface area contributed by atoms with Crippen molar-refractivity contribution >= 4 is 22.8 Å². The molecule has 0 bridgehead atoms. The Morgan fingerprint density at radius 3 is 2.33 bits per heavy atom. The van der Waals surface area contributed by atoms with Gasteiger partial charge in [0.05, 0.1) is 11.0 Å². The Bertz CT molecular complexity index is 869. The average Bonchev–Trinajstić information content (AvgIpc) is 2.70. The number of para-hydroxylation sites is 2. The summed E-state index contributed by atoms with van der Waals surface area (Å²) in [6, 6.07) is 7.35. The van der Waals surface area contributed by atoms with Gasteiger partial charge in [-0.25, -0.2) is 4.98 Å². The molecule has 1 aromatic heterocycles. The van der Waals surface area contributed by atoms with E-state index in [1.807, 2.05) is 23.1 Å². The van der Waals surface area contributed by atoms with Gasteiger partial charge in [-0.2, -0.15) is 0 Å². The van der Waals surface area contributed by atoms with Gasteiger partial charge in [0.2, 0.25) is 11.8 Å². The highest BCUT2D eigenvalue weighted by Gasteiger charge is 2.23. The van der Waals surface area contributed by atoms with E-state index >= 15 is 0 Å². The Hall–Kier alpha value is -2.70. The summed E-state index contributed by atoms with van der Waals surface area (Å²) >= 11 is 0. The van der Waals surface area contributed by atoms with Gasteiger partial charge in [0.25, 0.3) is 5.56 Å². The Labute approximate surface area is 158 Å². The number of aromatic amines is 1. The highest BCUT2D eigenvalue weighted by Crippen LogP contribution is 2.10. The third-order valence-electron chi connectivity index (χ3n) is 4.97. The lowest BCUT2D eigenvalue weighted by atomic mass is 10.2. The van der Waals surface area contributed by atoms with Gasteiger partial charge in [-0.1, -0.05) is 25.5 Å². The van der Waals surface area contributed by atoms with Gasteiger partial charge in [-0.05, 0) is 18.6 Å². The summed E-state index contributed by atoms with van der Waals surface area (Å²) in [6.07, 6.45) is 3.06. The monoisotopic (exact) mass is 370 g/mol. The third-order valence-corrected chi connectivity index (χ3v) is 4.97. The molecule has 1 aliphatic rings. The zero-order chi connectivity index (χ0) is 19.2. The molecule has 2 amide bonds. The topological polar surface area (TPSA) is 86.4 Å². The van der Waals surface area contributed by atoms with Crippen molar-refractivity contribution in [2.24, 2.45) is 0 Å². The van der Waals surface area contributed by atoms with E-state index in [1.165, 1.54) is 0 Å². The van der Waals surface area contributed by atoms with Crippen molar-refractivity contribution < 1.29 is 9.59 Å². The molecule has 0 saturated carbocycles. The molecule has 144 valence electrons. The number of carbonyl (C=O) groups is 2. The number of aromatic nitrogens is 2. The first kappa shape index (κ1) is 19.1. The lowest BCUT2D eigenvalue weighted by molar-refractivity contribution is -0.139. The molecule has 1 fully saturated rings. The minimum atomic E-state index is -0.243. The number of hydrogen-bond donors (Lipinski definition) is 1. The molecule has 1 N–H and O–H groups in total. The first-order valence-corrected chi connectivity index (χ1v) is 9.62. The van der Waals surface area contributed by atoms with Crippen LogP contribution in [0.1, 0.15) is 38.3 Å². The number of fused-ring (bicyclic) bond motifs is 1. The van der Waals surface area contributed by atoms with Crippen LogP contribution in [0.15, 0.2) is 29.1 Å². The standard InChI is InChI=1S/C20H26N4O3/c1-2-3-8-18(25)23-11-13-24(14-12-23)19(26)10-9-17-20(27)22-16-7-5-4-6-15(16)21-17/h4-7H,2-3,8-14H2,1H3,(H,22,27). The number of nitrogens with zero attached hydrogens (tertiary/aromatic N) is 3. The molecule has 27 heavy (non-hydrogen) atoms. The van der Waals surface area contributed by atoms with Crippen molar-refractivity contribution in [3.05, 3.63) is 40.3 Å². The molecule has 7 heteroatoms. The van der Waals surface area contributed by atoms with Crippen LogP contribution in [-0.2, 0) is 16.0 Å². The highest BCUT2D eigenvalue weighted by atomic mass is 16.2.